The number of anilines is 2. The number of hydrogen-bond acceptors (Lipinski definition) is 8. The van der Waals surface area contributed by atoms with Crippen molar-refractivity contribution in [2.75, 3.05) is 42.3 Å². The fourth-order valence-corrected chi connectivity index (χ4v) is 4.68. The zero-order chi connectivity index (χ0) is 24.7. The number of halogens is 3. The molecule has 1 aliphatic heterocycles. The highest BCUT2D eigenvalue weighted by molar-refractivity contribution is 7.99. The predicted octanol–water partition coefficient (Wildman–Crippen LogP) is 4.63. The van der Waals surface area contributed by atoms with Gasteiger partial charge in [0.1, 0.15) is 12.4 Å². The second-order valence-electron chi connectivity index (χ2n) is 7.12. The Morgan fingerprint density at radius 3 is 2.47 bits per heavy atom. The van der Waals surface area contributed by atoms with E-state index in [1.165, 1.54) is 31.7 Å². The van der Waals surface area contributed by atoms with Gasteiger partial charge in [-0.05, 0) is 31.3 Å². The maximum atomic E-state index is 14.8. The molecular weight excluding hydrogens is 498 g/mol. The minimum atomic E-state index is -0.452. The van der Waals surface area contributed by atoms with Crippen molar-refractivity contribution in [2.24, 2.45) is 5.73 Å². The molecule has 5 N–H and O–H groups in total. The highest BCUT2D eigenvalue weighted by Crippen LogP contribution is 2.28. The van der Waals surface area contributed by atoms with E-state index in [1.807, 2.05) is 16.7 Å². The Balaban J connectivity index is 0.00000158. The Labute approximate surface area is 212 Å². The van der Waals surface area contributed by atoms with Crippen molar-refractivity contribution in [3.05, 3.63) is 75.4 Å². The SMILES string of the molecule is CN.N=C(c1cnc(N2CCSCC2)c(F)c1)c1cc(OCc2c(Cl)cncc2Cl)ccc1N. The summed E-state index contributed by atoms with van der Waals surface area (Å²) in [7, 11) is 1.50. The van der Waals surface area contributed by atoms with E-state index in [4.69, 9.17) is 39.1 Å². The predicted molar refractivity (Wildman–Crippen MR) is 139 cm³/mol. The maximum absolute atomic E-state index is 14.8. The van der Waals surface area contributed by atoms with Crippen molar-refractivity contribution < 1.29 is 9.13 Å². The van der Waals surface area contributed by atoms with Crippen LogP contribution in [-0.2, 0) is 6.61 Å². The van der Waals surface area contributed by atoms with E-state index < -0.39 is 5.82 Å². The van der Waals surface area contributed by atoms with Gasteiger partial charge in [-0.1, -0.05) is 23.2 Å². The van der Waals surface area contributed by atoms with Gasteiger partial charge in [0.15, 0.2) is 11.6 Å². The summed E-state index contributed by atoms with van der Waals surface area (Å²) < 4.78 is 20.6. The third-order valence-electron chi connectivity index (χ3n) is 5.05. The second kappa shape index (κ2) is 12.2. The van der Waals surface area contributed by atoms with Gasteiger partial charge in [0.05, 0.1) is 15.8 Å². The molecule has 180 valence electrons. The van der Waals surface area contributed by atoms with E-state index in [0.717, 1.165) is 24.6 Å². The molecule has 0 spiro atoms. The first-order chi connectivity index (χ1) is 16.4. The van der Waals surface area contributed by atoms with Crippen molar-refractivity contribution in [1.29, 1.82) is 5.41 Å². The highest BCUT2D eigenvalue weighted by Gasteiger charge is 2.19. The molecule has 1 aliphatic rings. The molecule has 1 saturated heterocycles. The van der Waals surface area contributed by atoms with Crippen molar-refractivity contribution in [1.82, 2.24) is 9.97 Å². The summed E-state index contributed by atoms with van der Waals surface area (Å²) in [6, 6.07) is 6.29. The van der Waals surface area contributed by atoms with Gasteiger partial charge in [-0.15, -0.1) is 0 Å². The zero-order valence-electron chi connectivity index (χ0n) is 18.5. The van der Waals surface area contributed by atoms with Crippen LogP contribution in [0.1, 0.15) is 16.7 Å². The number of benzene rings is 1. The van der Waals surface area contributed by atoms with Gasteiger partial charge >= 0.3 is 0 Å². The van der Waals surface area contributed by atoms with E-state index >= 15 is 0 Å². The average molecular weight is 523 g/mol. The molecular formula is C23H25Cl2FN6OS. The number of hydrogen-bond donors (Lipinski definition) is 3. The first-order valence-electron chi connectivity index (χ1n) is 10.4. The van der Waals surface area contributed by atoms with Crippen molar-refractivity contribution in [3.63, 3.8) is 0 Å². The molecule has 0 atom stereocenters. The number of nitrogens with two attached hydrogens (primary N) is 2. The lowest BCUT2D eigenvalue weighted by atomic mass is 10.0. The van der Waals surface area contributed by atoms with Crippen LogP contribution in [0.4, 0.5) is 15.9 Å². The van der Waals surface area contributed by atoms with E-state index in [1.54, 1.807) is 18.2 Å². The molecule has 4 rings (SSSR count). The summed E-state index contributed by atoms with van der Waals surface area (Å²) in [5.41, 5.74) is 12.4. The number of rotatable bonds is 6. The first-order valence-corrected chi connectivity index (χ1v) is 12.3. The lowest BCUT2D eigenvalue weighted by Gasteiger charge is -2.27. The Bertz CT molecular complexity index is 1140. The van der Waals surface area contributed by atoms with E-state index in [-0.39, 0.29) is 12.3 Å². The van der Waals surface area contributed by atoms with Crippen LogP contribution in [0.3, 0.4) is 0 Å². The molecule has 0 radical (unpaired) electrons. The van der Waals surface area contributed by atoms with Crippen LogP contribution >= 0.6 is 35.0 Å². The Hall–Kier alpha value is -2.59. The quantitative estimate of drug-likeness (QED) is 0.319. The van der Waals surface area contributed by atoms with Gasteiger partial charge < -0.3 is 21.1 Å². The molecule has 0 saturated carbocycles. The van der Waals surface area contributed by atoms with Gasteiger partial charge in [-0.3, -0.25) is 10.4 Å². The number of aromatic nitrogens is 2. The molecule has 1 aromatic carbocycles. The molecule has 1 fully saturated rings. The Kier molecular flexibility index (Phi) is 9.35. The molecule has 7 nitrogen and oxygen atoms in total. The van der Waals surface area contributed by atoms with E-state index in [9.17, 15) is 4.39 Å². The molecule has 34 heavy (non-hydrogen) atoms. The highest BCUT2D eigenvalue weighted by atomic mass is 35.5. The summed E-state index contributed by atoms with van der Waals surface area (Å²) >= 11 is 14.1. The lowest BCUT2D eigenvalue weighted by Crippen LogP contribution is -2.33. The number of ether oxygens (including phenoxy) is 1. The largest absolute Gasteiger partial charge is 0.489 e. The molecule has 3 heterocycles. The first kappa shape index (κ1) is 26.0. The number of nitrogens with zero attached hydrogens (tertiary/aromatic N) is 3. The van der Waals surface area contributed by atoms with Gasteiger partial charge in [-0.25, -0.2) is 9.37 Å². The van der Waals surface area contributed by atoms with Gasteiger partial charge in [0.25, 0.3) is 0 Å². The number of thioether (sulfide) groups is 1. The van der Waals surface area contributed by atoms with Gasteiger partial charge in [0.2, 0.25) is 0 Å². The molecule has 0 aliphatic carbocycles. The lowest BCUT2D eigenvalue weighted by molar-refractivity contribution is 0.306. The zero-order valence-corrected chi connectivity index (χ0v) is 20.9. The number of nitrogen functional groups attached to an aromatic ring is 1. The van der Waals surface area contributed by atoms with Crippen molar-refractivity contribution in [3.8, 4) is 5.75 Å². The van der Waals surface area contributed by atoms with Crippen LogP contribution in [0, 0.1) is 11.2 Å². The molecule has 11 heteroatoms. The maximum Gasteiger partial charge on any atom is 0.166 e. The van der Waals surface area contributed by atoms with Crippen LogP contribution in [0.5, 0.6) is 5.75 Å². The third-order valence-corrected chi connectivity index (χ3v) is 6.64. The third kappa shape index (κ3) is 6.09. The van der Waals surface area contributed by atoms with Gasteiger partial charge in [-0.2, -0.15) is 11.8 Å². The number of pyridine rings is 2. The van der Waals surface area contributed by atoms with Crippen LogP contribution in [0.2, 0.25) is 10.0 Å². The normalized spacial score (nSPS) is 13.1. The van der Waals surface area contributed by atoms with Gasteiger partial charge in [0, 0.05) is 65.6 Å². The summed E-state index contributed by atoms with van der Waals surface area (Å²) in [6.45, 7) is 1.63. The molecule has 2 aromatic heterocycles. The topological polar surface area (TPSA) is 114 Å². The fourth-order valence-electron chi connectivity index (χ4n) is 3.30. The Morgan fingerprint density at radius 2 is 1.82 bits per heavy atom. The average Bonchev–Trinajstić information content (AvgIpc) is 2.86. The second-order valence-corrected chi connectivity index (χ2v) is 9.16. The van der Waals surface area contributed by atoms with Crippen LogP contribution in [-0.4, -0.2) is 47.3 Å². The Morgan fingerprint density at radius 1 is 1.15 bits per heavy atom. The minimum Gasteiger partial charge on any atom is -0.489 e. The van der Waals surface area contributed by atoms with Crippen LogP contribution in [0.25, 0.3) is 0 Å². The summed E-state index contributed by atoms with van der Waals surface area (Å²) in [6.07, 6.45) is 4.49. The molecule has 0 bridgehead atoms. The van der Waals surface area contributed by atoms with Crippen molar-refractivity contribution >= 4 is 52.2 Å². The molecule has 3 aromatic rings. The molecule has 0 amide bonds. The van der Waals surface area contributed by atoms with E-state index in [0.29, 0.717) is 44.0 Å². The summed E-state index contributed by atoms with van der Waals surface area (Å²) in [5, 5.41) is 9.37. The monoisotopic (exact) mass is 522 g/mol. The van der Waals surface area contributed by atoms with Crippen LogP contribution < -0.4 is 21.1 Å². The fraction of sp³-hybridized carbons (Fsp3) is 0.261. The van der Waals surface area contributed by atoms with E-state index in [2.05, 4.69) is 15.7 Å². The number of nitrogens with one attached hydrogen (secondary N) is 1. The summed E-state index contributed by atoms with van der Waals surface area (Å²) in [5.74, 6) is 2.22. The standard InChI is InChI=1S/C22H20Cl2FN5OS.CH5N/c23-17-10-28-11-18(24)16(17)12-31-14-1-2-20(26)15(8-14)21(27)13-7-19(25)22(29-9-13)30-3-5-32-6-4-30;1-2/h1-2,7-11,27H,3-6,12,26H2;2H2,1H3. The summed E-state index contributed by atoms with van der Waals surface area (Å²) in [4.78, 5) is 10.1. The molecule has 0 unspecified atom stereocenters. The smallest absolute Gasteiger partial charge is 0.166 e. The van der Waals surface area contributed by atoms with Crippen molar-refractivity contribution in [2.45, 2.75) is 6.61 Å². The van der Waals surface area contributed by atoms with Crippen LogP contribution in [0.15, 0.2) is 42.9 Å². The minimum absolute atomic E-state index is 0.0556.